The van der Waals surface area contributed by atoms with Gasteiger partial charge in [-0.1, -0.05) is 36.8 Å². The highest BCUT2D eigenvalue weighted by Gasteiger charge is 2.35. The molecule has 0 amide bonds. The molecule has 0 aliphatic carbocycles. The van der Waals surface area contributed by atoms with Crippen LogP contribution in [-0.2, 0) is 6.54 Å². The van der Waals surface area contributed by atoms with Crippen LogP contribution in [0.2, 0.25) is 0 Å². The van der Waals surface area contributed by atoms with E-state index in [0.29, 0.717) is 0 Å². The summed E-state index contributed by atoms with van der Waals surface area (Å²) in [6.07, 6.45) is 6.24. The first-order valence-corrected chi connectivity index (χ1v) is 9.59. The van der Waals surface area contributed by atoms with Crippen LogP contribution in [0, 0.1) is 0 Å². The Labute approximate surface area is 143 Å². The van der Waals surface area contributed by atoms with Gasteiger partial charge in [0.15, 0.2) is 0 Å². The van der Waals surface area contributed by atoms with Gasteiger partial charge < -0.3 is 0 Å². The average molecular weight is 327 g/mol. The molecule has 0 spiro atoms. The summed E-state index contributed by atoms with van der Waals surface area (Å²) in [4.78, 5) is 11.3. The molecule has 4 heteroatoms. The van der Waals surface area contributed by atoms with E-state index >= 15 is 0 Å². The average Bonchev–Trinajstić information content (AvgIpc) is 3.01. The molecular weight excluding hydrogens is 302 g/mol. The van der Waals surface area contributed by atoms with Crippen LogP contribution in [0.3, 0.4) is 0 Å². The first-order chi connectivity index (χ1) is 11.3. The Kier molecular flexibility index (Phi) is 4.47. The third kappa shape index (κ3) is 3.35. The van der Waals surface area contributed by atoms with E-state index in [1.54, 1.807) is 0 Å². The van der Waals surface area contributed by atoms with Crippen LogP contribution in [0.4, 0.5) is 0 Å². The molecule has 4 rings (SSSR count). The highest BCUT2D eigenvalue weighted by Crippen LogP contribution is 2.29. The van der Waals surface area contributed by atoms with E-state index in [1.165, 1.54) is 49.3 Å². The number of rotatable bonds is 4. The second-order valence-corrected chi connectivity index (χ2v) is 8.04. The van der Waals surface area contributed by atoms with E-state index in [2.05, 4.69) is 58.2 Å². The van der Waals surface area contributed by atoms with Crippen molar-refractivity contribution in [2.75, 3.05) is 19.6 Å². The minimum Gasteiger partial charge on any atom is -0.295 e. The van der Waals surface area contributed by atoms with Crippen LogP contribution in [0.15, 0.2) is 36.5 Å². The lowest BCUT2D eigenvalue weighted by Gasteiger charge is -2.49. The number of thiazole rings is 1. The summed E-state index contributed by atoms with van der Waals surface area (Å²) in [6.45, 7) is 7.21. The third-order valence-electron chi connectivity index (χ3n) is 5.22. The minimum absolute atomic E-state index is 0.781. The van der Waals surface area contributed by atoms with Gasteiger partial charge in [0.05, 0.1) is 0 Å². The van der Waals surface area contributed by atoms with Crippen LogP contribution < -0.4 is 0 Å². The molecule has 2 fully saturated rings. The molecule has 2 saturated heterocycles. The summed E-state index contributed by atoms with van der Waals surface area (Å²) in [7, 11) is 0. The summed E-state index contributed by atoms with van der Waals surface area (Å²) in [5.74, 6) is 0. The molecule has 2 aliphatic rings. The van der Waals surface area contributed by atoms with Gasteiger partial charge in [0.25, 0.3) is 0 Å². The molecule has 0 radical (unpaired) electrons. The first-order valence-electron chi connectivity index (χ1n) is 8.78. The van der Waals surface area contributed by atoms with Crippen LogP contribution in [-0.4, -0.2) is 46.5 Å². The number of nitrogens with zero attached hydrogens (tertiary/aromatic N) is 3. The summed E-state index contributed by atoms with van der Waals surface area (Å²) in [5, 5.41) is 1.14. The standard InChI is InChI=1S/C19H25N3S/c1-15-7-5-6-10-22(15)17-12-21(13-17)14-18-11-20-19(23-18)16-8-3-2-4-9-16/h2-4,8-9,11,15,17H,5-7,10,12-14H2,1H3/t15-/m1/s1. The van der Waals surface area contributed by atoms with Gasteiger partial charge in [-0.25, -0.2) is 4.98 Å². The highest BCUT2D eigenvalue weighted by atomic mass is 32.1. The summed E-state index contributed by atoms with van der Waals surface area (Å²) < 4.78 is 0. The normalized spacial score (nSPS) is 23.8. The van der Waals surface area contributed by atoms with Gasteiger partial charge in [0.1, 0.15) is 5.01 Å². The van der Waals surface area contributed by atoms with E-state index in [1.807, 2.05) is 11.3 Å². The van der Waals surface area contributed by atoms with Gasteiger partial charge in [-0.2, -0.15) is 0 Å². The maximum atomic E-state index is 4.60. The Bertz CT molecular complexity index is 633. The van der Waals surface area contributed by atoms with Crippen molar-refractivity contribution in [1.82, 2.24) is 14.8 Å². The molecule has 3 heterocycles. The number of piperidine rings is 1. The predicted molar refractivity (Wildman–Crippen MR) is 96.6 cm³/mol. The Morgan fingerprint density at radius 1 is 1.17 bits per heavy atom. The van der Waals surface area contributed by atoms with Gasteiger partial charge in [-0.3, -0.25) is 9.80 Å². The quantitative estimate of drug-likeness (QED) is 0.850. The fourth-order valence-electron chi connectivity index (χ4n) is 3.86. The summed E-state index contributed by atoms with van der Waals surface area (Å²) >= 11 is 1.83. The van der Waals surface area contributed by atoms with Gasteiger partial charge >= 0.3 is 0 Å². The van der Waals surface area contributed by atoms with E-state index in [4.69, 9.17) is 0 Å². The molecule has 0 bridgehead atoms. The van der Waals surface area contributed by atoms with Crippen molar-refractivity contribution in [2.45, 2.75) is 44.8 Å². The maximum Gasteiger partial charge on any atom is 0.123 e. The summed E-state index contributed by atoms with van der Waals surface area (Å²) in [6, 6.07) is 12.1. The van der Waals surface area contributed by atoms with Crippen LogP contribution in [0.5, 0.6) is 0 Å². The zero-order chi connectivity index (χ0) is 15.6. The largest absolute Gasteiger partial charge is 0.295 e. The van der Waals surface area contributed by atoms with Crippen LogP contribution in [0.25, 0.3) is 10.6 Å². The lowest BCUT2D eigenvalue weighted by atomic mass is 9.97. The molecule has 1 aromatic heterocycles. The molecule has 1 aromatic carbocycles. The van der Waals surface area contributed by atoms with Gasteiger partial charge in [-0.05, 0) is 26.3 Å². The van der Waals surface area contributed by atoms with E-state index in [0.717, 1.165) is 23.6 Å². The maximum absolute atomic E-state index is 4.60. The van der Waals surface area contributed by atoms with Crippen molar-refractivity contribution in [3.8, 4) is 10.6 Å². The number of hydrogen-bond donors (Lipinski definition) is 0. The van der Waals surface area contributed by atoms with Crippen molar-refractivity contribution in [2.24, 2.45) is 0 Å². The van der Waals surface area contributed by atoms with Crippen LogP contribution in [0.1, 0.15) is 31.1 Å². The molecule has 122 valence electrons. The predicted octanol–water partition coefficient (Wildman–Crippen LogP) is 3.87. The minimum atomic E-state index is 0.781. The van der Waals surface area contributed by atoms with Crippen molar-refractivity contribution < 1.29 is 0 Å². The topological polar surface area (TPSA) is 19.4 Å². The van der Waals surface area contributed by atoms with Gasteiger partial charge in [0.2, 0.25) is 0 Å². The van der Waals surface area contributed by atoms with Gasteiger partial charge in [-0.15, -0.1) is 11.3 Å². The molecule has 2 aromatic rings. The smallest absolute Gasteiger partial charge is 0.123 e. The number of likely N-dealkylation sites (tertiary alicyclic amines) is 2. The SMILES string of the molecule is C[C@@H]1CCCCN1C1CN(Cc2cnc(-c3ccccc3)s2)C1. The lowest BCUT2D eigenvalue weighted by Crippen LogP contribution is -2.61. The zero-order valence-corrected chi connectivity index (χ0v) is 14.6. The number of hydrogen-bond acceptors (Lipinski definition) is 4. The lowest BCUT2D eigenvalue weighted by molar-refractivity contribution is -0.00577. The molecular formula is C19H25N3S. The van der Waals surface area contributed by atoms with E-state index < -0.39 is 0 Å². The third-order valence-corrected chi connectivity index (χ3v) is 6.25. The van der Waals surface area contributed by atoms with Crippen molar-refractivity contribution in [1.29, 1.82) is 0 Å². The number of benzene rings is 1. The number of aromatic nitrogens is 1. The fraction of sp³-hybridized carbons (Fsp3) is 0.526. The zero-order valence-electron chi connectivity index (χ0n) is 13.8. The second kappa shape index (κ2) is 6.71. The van der Waals surface area contributed by atoms with Crippen molar-refractivity contribution in [3.05, 3.63) is 41.4 Å². The second-order valence-electron chi connectivity index (χ2n) is 6.93. The first kappa shape index (κ1) is 15.3. The van der Waals surface area contributed by atoms with E-state index in [9.17, 15) is 0 Å². The molecule has 2 aliphatic heterocycles. The Morgan fingerprint density at radius 2 is 2.00 bits per heavy atom. The highest BCUT2D eigenvalue weighted by molar-refractivity contribution is 7.15. The molecule has 0 N–H and O–H groups in total. The molecule has 1 atom stereocenters. The Balaban J connectivity index is 1.32. The Morgan fingerprint density at radius 3 is 2.78 bits per heavy atom. The molecule has 3 nitrogen and oxygen atoms in total. The monoisotopic (exact) mass is 327 g/mol. The van der Waals surface area contributed by atoms with Crippen molar-refractivity contribution in [3.63, 3.8) is 0 Å². The molecule has 0 saturated carbocycles. The van der Waals surface area contributed by atoms with E-state index in [-0.39, 0.29) is 0 Å². The molecule has 0 unspecified atom stereocenters. The fourth-order valence-corrected chi connectivity index (χ4v) is 4.82. The molecule has 23 heavy (non-hydrogen) atoms. The Hall–Kier alpha value is -1.23. The van der Waals surface area contributed by atoms with Crippen LogP contribution >= 0.6 is 11.3 Å². The van der Waals surface area contributed by atoms with Gasteiger partial charge in [0, 0.05) is 48.4 Å². The summed E-state index contributed by atoms with van der Waals surface area (Å²) in [5.41, 5.74) is 1.23. The van der Waals surface area contributed by atoms with Crippen molar-refractivity contribution >= 4 is 11.3 Å².